The van der Waals surface area contributed by atoms with Crippen LogP contribution in [0.5, 0.6) is 5.75 Å². The van der Waals surface area contributed by atoms with E-state index in [1.807, 2.05) is 31.2 Å². The first-order chi connectivity index (χ1) is 18.3. The lowest BCUT2D eigenvalue weighted by molar-refractivity contribution is -0.153. The predicted octanol–water partition coefficient (Wildman–Crippen LogP) is 2.55. The summed E-state index contributed by atoms with van der Waals surface area (Å²) >= 11 is 0. The topological polar surface area (TPSA) is 140 Å². The van der Waals surface area contributed by atoms with Crippen LogP contribution >= 0.6 is 0 Å². The summed E-state index contributed by atoms with van der Waals surface area (Å²) in [7, 11) is 0. The number of aryl methyl sites for hydroxylation is 1. The Kier molecular flexibility index (Phi) is 8.67. The molecule has 1 fully saturated rings. The first-order valence-electron chi connectivity index (χ1n) is 12.7. The lowest BCUT2D eigenvalue weighted by Gasteiger charge is -2.31. The second kappa shape index (κ2) is 12.3. The first-order valence-corrected chi connectivity index (χ1v) is 12.7. The number of aromatic hydroxyl groups is 1. The molecular formula is C27H32N6O5. The number of hydrogen-bond donors (Lipinski definition) is 2. The summed E-state index contributed by atoms with van der Waals surface area (Å²) in [4.78, 5) is 42.0. The Morgan fingerprint density at radius 2 is 1.79 bits per heavy atom. The van der Waals surface area contributed by atoms with Crippen molar-refractivity contribution < 1.29 is 24.2 Å². The molecule has 38 heavy (non-hydrogen) atoms. The number of amides is 2. The van der Waals surface area contributed by atoms with Gasteiger partial charge in [-0.05, 0) is 49.6 Å². The first kappa shape index (κ1) is 26.8. The molecule has 0 spiro atoms. The van der Waals surface area contributed by atoms with Gasteiger partial charge in [-0.15, -0.1) is 10.2 Å². The molecule has 11 heteroatoms. The molecule has 0 aliphatic heterocycles. The lowest BCUT2D eigenvalue weighted by Crippen LogP contribution is -2.49. The van der Waals surface area contributed by atoms with Crippen molar-refractivity contribution in [3.8, 4) is 17.1 Å². The Bertz CT molecular complexity index is 1250. The van der Waals surface area contributed by atoms with Crippen LogP contribution in [-0.4, -0.2) is 67.2 Å². The van der Waals surface area contributed by atoms with Gasteiger partial charge in [-0.25, -0.2) is 0 Å². The standard InChI is InChI=1S/C27H32N6O5/c1-3-38-24(36)17-32(23(35)16-33-30-26(29-31-33)20-10-8-18(2)9-11-20)25(19-12-14-22(34)15-13-19)27(37)28-21-6-4-5-7-21/h8-15,21,25,34H,3-7,16-17H2,1-2H3,(H,28,37)/t25-/m1/s1. The summed E-state index contributed by atoms with van der Waals surface area (Å²) in [5.74, 6) is -1.26. The van der Waals surface area contributed by atoms with E-state index < -0.39 is 30.4 Å². The van der Waals surface area contributed by atoms with Gasteiger partial charge in [0.1, 0.15) is 24.9 Å². The van der Waals surface area contributed by atoms with Crippen molar-refractivity contribution >= 4 is 17.8 Å². The monoisotopic (exact) mass is 520 g/mol. The summed E-state index contributed by atoms with van der Waals surface area (Å²) in [5.41, 5.74) is 2.28. The van der Waals surface area contributed by atoms with Gasteiger partial charge in [-0.2, -0.15) is 4.80 Å². The Morgan fingerprint density at radius 3 is 2.45 bits per heavy atom. The number of carbonyl (C=O) groups is 3. The van der Waals surface area contributed by atoms with E-state index in [0.717, 1.165) is 41.6 Å². The number of hydrogen-bond acceptors (Lipinski definition) is 8. The van der Waals surface area contributed by atoms with Crippen molar-refractivity contribution in [3.05, 3.63) is 59.7 Å². The average Bonchev–Trinajstić information content (AvgIpc) is 3.58. The summed E-state index contributed by atoms with van der Waals surface area (Å²) < 4.78 is 5.11. The molecule has 1 aliphatic rings. The zero-order valence-corrected chi connectivity index (χ0v) is 21.5. The molecule has 3 aromatic rings. The second-order valence-electron chi connectivity index (χ2n) is 9.32. The molecule has 1 heterocycles. The largest absolute Gasteiger partial charge is 0.508 e. The van der Waals surface area contributed by atoms with E-state index in [2.05, 4.69) is 20.7 Å². The fourth-order valence-electron chi connectivity index (χ4n) is 4.49. The lowest BCUT2D eigenvalue weighted by atomic mass is 10.0. The van der Waals surface area contributed by atoms with Crippen molar-refractivity contribution in [2.45, 2.75) is 58.2 Å². The molecule has 0 bridgehead atoms. The van der Waals surface area contributed by atoms with Gasteiger partial charge in [0, 0.05) is 11.6 Å². The van der Waals surface area contributed by atoms with E-state index in [0.29, 0.717) is 11.4 Å². The van der Waals surface area contributed by atoms with E-state index in [4.69, 9.17) is 4.74 Å². The van der Waals surface area contributed by atoms with Crippen molar-refractivity contribution in [1.29, 1.82) is 0 Å². The van der Waals surface area contributed by atoms with Gasteiger partial charge in [0.2, 0.25) is 17.6 Å². The van der Waals surface area contributed by atoms with Crippen LogP contribution in [0.25, 0.3) is 11.4 Å². The Balaban J connectivity index is 1.62. The fraction of sp³-hybridized carbons (Fsp3) is 0.407. The van der Waals surface area contributed by atoms with Gasteiger partial charge in [0.05, 0.1) is 6.61 Å². The maximum atomic E-state index is 13.6. The maximum absolute atomic E-state index is 13.6. The highest BCUT2D eigenvalue weighted by atomic mass is 16.5. The highest BCUT2D eigenvalue weighted by molar-refractivity contribution is 5.91. The van der Waals surface area contributed by atoms with Gasteiger partial charge in [0.25, 0.3) is 0 Å². The molecule has 2 N–H and O–H groups in total. The van der Waals surface area contributed by atoms with Gasteiger partial charge in [-0.1, -0.05) is 54.8 Å². The Hall–Kier alpha value is -4.28. The number of phenolic OH excluding ortho intramolecular Hbond substituents is 1. The number of aromatic nitrogens is 4. The van der Waals surface area contributed by atoms with Gasteiger partial charge < -0.3 is 20.1 Å². The number of esters is 1. The van der Waals surface area contributed by atoms with Crippen LogP contribution in [0.2, 0.25) is 0 Å². The van der Waals surface area contributed by atoms with Crippen LogP contribution in [0, 0.1) is 6.92 Å². The van der Waals surface area contributed by atoms with Crippen LogP contribution in [-0.2, 0) is 25.7 Å². The van der Waals surface area contributed by atoms with E-state index in [9.17, 15) is 19.5 Å². The highest BCUT2D eigenvalue weighted by Gasteiger charge is 2.35. The number of benzene rings is 2. The zero-order valence-electron chi connectivity index (χ0n) is 21.5. The Morgan fingerprint density at radius 1 is 1.11 bits per heavy atom. The normalized spacial score (nSPS) is 14.2. The molecule has 0 unspecified atom stereocenters. The number of nitrogens with zero attached hydrogens (tertiary/aromatic N) is 5. The molecule has 0 saturated heterocycles. The summed E-state index contributed by atoms with van der Waals surface area (Å²) in [6.45, 7) is 2.97. The van der Waals surface area contributed by atoms with Crippen LogP contribution in [0.3, 0.4) is 0 Å². The van der Waals surface area contributed by atoms with Gasteiger partial charge in [-0.3, -0.25) is 14.4 Å². The third kappa shape index (κ3) is 6.72. The predicted molar refractivity (Wildman–Crippen MR) is 138 cm³/mol. The van der Waals surface area contributed by atoms with Crippen molar-refractivity contribution in [2.24, 2.45) is 0 Å². The highest BCUT2D eigenvalue weighted by Crippen LogP contribution is 2.26. The SMILES string of the molecule is CCOC(=O)CN(C(=O)Cn1nnc(-c2ccc(C)cc2)n1)[C@@H](C(=O)NC1CCCC1)c1ccc(O)cc1. The van der Waals surface area contributed by atoms with E-state index in [1.54, 1.807) is 19.1 Å². The smallest absolute Gasteiger partial charge is 0.325 e. The zero-order chi connectivity index (χ0) is 27.1. The molecule has 200 valence electrons. The molecule has 2 amide bonds. The van der Waals surface area contributed by atoms with E-state index in [1.165, 1.54) is 17.0 Å². The number of nitrogens with one attached hydrogen (secondary N) is 1. The van der Waals surface area contributed by atoms with Crippen LogP contribution in [0.1, 0.15) is 49.8 Å². The minimum Gasteiger partial charge on any atom is -0.508 e. The summed E-state index contributed by atoms with van der Waals surface area (Å²) in [6.07, 6.45) is 3.73. The quantitative estimate of drug-likeness (QED) is 0.389. The molecule has 1 saturated carbocycles. The molecular weight excluding hydrogens is 488 g/mol. The van der Waals surface area contributed by atoms with Gasteiger partial charge >= 0.3 is 5.97 Å². The Labute approximate surface area is 220 Å². The average molecular weight is 521 g/mol. The number of tetrazole rings is 1. The molecule has 1 atom stereocenters. The van der Waals surface area contributed by atoms with Crippen LogP contribution in [0.4, 0.5) is 0 Å². The van der Waals surface area contributed by atoms with Crippen molar-refractivity contribution in [2.75, 3.05) is 13.2 Å². The number of carbonyl (C=O) groups excluding carboxylic acids is 3. The van der Waals surface area contributed by atoms with E-state index >= 15 is 0 Å². The fourth-order valence-corrected chi connectivity index (χ4v) is 4.49. The second-order valence-corrected chi connectivity index (χ2v) is 9.32. The van der Waals surface area contributed by atoms with Crippen LogP contribution in [0.15, 0.2) is 48.5 Å². The number of ether oxygens (including phenoxy) is 1. The van der Waals surface area contributed by atoms with Gasteiger partial charge in [0.15, 0.2) is 0 Å². The summed E-state index contributed by atoms with van der Waals surface area (Å²) in [5, 5.41) is 25.2. The third-order valence-corrected chi connectivity index (χ3v) is 6.43. The van der Waals surface area contributed by atoms with Crippen molar-refractivity contribution in [1.82, 2.24) is 30.4 Å². The maximum Gasteiger partial charge on any atom is 0.325 e. The molecule has 2 aromatic carbocycles. The van der Waals surface area contributed by atoms with E-state index in [-0.39, 0.29) is 24.9 Å². The molecule has 1 aliphatic carbocycles. The summed E-state index contributed by atoms with van der Waals surface area (Å²) in [6, 6.07) is 12.4. The minimum absolute atomic E-state index is 0.00397. The molecule has 0 radical (unpaired) electrons. The van der Waals surface area contributed by atoms with Crippen molar-refractivity contribution in [3.63, 3.8) is 0 Å². The molecule has 11 nitrogen and oxygen atoms in total. The molecule has 4 rings (SSSR count). The third-order valence-electron chi connectivity index (χ3n) is 6.43. The minimum atomic E-state index is -1.13. The van der Waals surface area contributed by atoms with Crippen LogP contribution < -0.4 is 5.32 Å². The number of phenols is 1. The molecule has 1 aromatic heterocycles. The number of rotatable bonds is 10.